The third-order valence-electron chi connectivity index (χ3n) is 8.02. The summed E-state index contributed by atoms with van der Waals surface area (Å²) >= 11 is 0. The number of carbonyl (C=O) groups excluding carboxylic acids is 5. The zero-order valence-electron chi connectivity index (χ0n) is 27.0. The Bertz CT molecular complexity index is 1200. The number of aryl methyl sites for hydroxylation is 1. The summed E-state index contributed by atoms with van der Waals surface area (Å²) < 4.78 is 11.3. The lowest BCUT2D eigenvalue weighted by Crippen LogP contribution is -2.56. The van der Waals surface area contributed by atoms with Crippen LogP contribution in [0.5, 0.6) is 0 Å². The number of alkyl carbamates (subject to hydrolysis) is 1. The molecule has 0 aromatic heterocycles. The predicted octanol–water partition coefficient (Wildman–Crippen LogP) is 3.16. The fourth-order valence-electron chi connectivity index (χ4n) is 5.85. The molecule has 3 atom stereocenters. The molecule has 0 saturated heterocycles. The molecule has 1 aromatic carbocycles. The molecule has 0 saturated carbocycles. The first-order valence-electron chi connectivity index (χ1n) is 16.2. The van der Waals surface area contributed by atoms with E-state index in [1.807, 2.05) is 18.2 Å². The summed E-state index contributed by atoms with van der Waals surface area (Å²) in [6.07, 6.45) is 8.37. The Morgan fingerprint density at radius 2 is 1.60 bits per heavy atom. The average Bonchev–Trinajstić information content (AvgIpc) is 3.29. The van der Waals surface area contributed by atoms with Gasteiger partial charge in [0.2, 0.25) is 23.6 Å². The molecule has 45 heavy (non-hydrogen) atoms. The van der Waals surface area contributed by atoms with Gasteiger partial charge in [0.05, 0.1) is 18.3 Å². The fourth-order valence-corrected chi connectivity index (χ4v) is 5.85. The van der Waals surface area contributed by atoms with Crippen LogP contribution in [-0.4, -0.2) is 66.7 Å². The zero-order valence-corrected chi connectivity index (χ0v) is 27.0. The second-order valence-electron chi connectivity index (χ2n) is 13.1. The molecular formula is C33H51N5O7. The molecule has 12 heteroatoms. The number of nitrogens with two attached hydrogens (primary N) is 2. The van der Waals surface area contributed by atoms with Crippen molar-refractivity contribution < 1.29 is 33.4 Å². The van der Waals surface area contributed by atoms with Crippen molar-refractivity contribution in [2.45, 2.75) is 128 Å². The summed E-state index contributed by atoms with van der Waals surface area (Å²) in [5, 5.41) is 5.73. The van der Waals surface area contributed by atoms with E-state index in [2.05, 4.69) is 10.6 Å². The van der Waals surface area contributed by atoms with Gasteiger partial charge < -0.3 is 31.6 Å². The molecule has 1 aromatic rings. The Kier molecular flexibility index (Phi) is 13.6. The number of nitrogens with zero attached hydrogens (tertiary/aromatic N) is 1. The Morgan fingerprint density at radius 1 is 0.956 bits per heavy atom. The van der Waals surface area contributed by atoms with E-state index in [1.54, 1.807) is 20.8 Å². The van der Waals surface area contributed by atoms with Crippen molar-refractivity contribution >= 4 is 35.4 Å². The number of benzene rings is 1. The number of amides is 5. The smallest absolute Gasteiger partial charge is 0.408 e. The third-order valence-corrected chi connectivity index (χ3v) is 8.02. The van der Waals surface area contributed by atoms with E-state index in [9.17, 15) is 24.0 Å². The van der Waals surface area contributed by atoms with E-state index in [0.29, 0.717) is 38.7 Å². The van der Waals surface area contributed by atoms with Gasteiger partial charge in [-0.3, -0.25) is 24.1 Å². The van der Waals surface area contributed by atoms with Crippen LogP contribution >= 0.6 is 0 Å². The van der Waals surface area contributed by atoms with E-state index in [0.717, 1.165) is 61.8 Å². The van der Waals surface area contributed by atoms with Crippen LogP contribution < -0.4 is 27.0 Å². The van der Waals surface area contributed by atoms with Crippen molar-refractivity contribution in [1.82, 2.24) is 10.6 Å². The molecule has 6 N–H and O–H groups in total. The maximum Gasteiger partial charge on any atom is 0.408 e. The average molecular weight is 630 g/mol. The molecule has 250 valence electrons. The van der Waals surface area contributed by atoms with Crippen molar-refractivity contribution in [3.8, 4) is 0 Å². The van der Waals surface area contributed by atoms with Gasteiger partial charge in [0.15, 0.2) is 0 Å². The number of rotatable bonds is 18. The molecule has 2 aliphatic rings. The largest absolute Gasteiger partial charge is 0.444 e. The quantitative estimate of drug-likeness (QED) is 0.180. The lowest BCUT2D eigenvalue weighted by atomic mass is 10.0. The SMILES string of the molecule is CC(C)(C)OC(=O)N[C@H]1CCc2cccc3c2N(C1=O)[C@H](C(=O)N[C@@H](CCC(N)=O)COCCCCCCCCCC(N)=O)C3. The number of hydrogen-bond donors (Lipinski definition) is 4. The van der Waals surface area contributed by atoms with Crippen LogP contribution in [-0.2, 0) is 41.5 Å². The van der Waals surface area contributed by atoms with Gasteiger partial charge in [-0.25, -0.2) is 4.79 Å². The first-order valence-corrected chi connectivity index (χ1v) is 16.2. The maximum atomic E-state index is 13.9. The Morgan fingerprint density at radius 3 is 2.27 bits per heavy atom. The van der Waals surface area contributed by atoms with Gasteiger partial charge >= 0.3 is 6.09 Å². The highest BCUT2D eigenvalue weighted by atomic mass is 16.6. The highest BCUT2D eigenvalue weighted by Crippen LogP contribution is 2.39. The predicted molar refractivity (Wildman–Crippen MR) is 170 cm³/mol. The summed E-state index contributed by atoms with van der Waals surface area (Å²) in [6, 6.07) is 3.67. The van der Waals surface area contributed by atoms with Crippen molar-refractivity contribution in [3.05, 3.63) is 29.3 Å². The van der Waals surface area contributed by atoms with E-state index in [4.69, 9.17) is 20.9 Å². The Balaban J connectivity index is 1.57. The van der Waals surface area contributed by atoms with Gasteiger partial charge in [0.25, 0.3) is 0 Å². The summed E-state index contributed by atoms with van der Waals surface area (Å²) in [5.74, 6) is -1.43. The summed E-state index contributed by atoms with van der Waals surface area (Å²) in [4.78, 5) is 64.1. The number of primary amides is 2. The van der Waals surface area contributed by atoms with Crippen molar-refractivity contribution in [2.75, 3.05) is 18.1 Å². The minimum absolute atomic E-state index is 0.0869. The monoisotopic (exact) mass is 629 g/mol. The van der Waals surface area contributed by atoms with Crippen LogP contribution in [0.3, 0.4) is 0 Å². The van der Waals surface area contributed by atoms with Crippen LogP contribution in [0.4, 0.5) is 10.5 Å². The number of carbonyl (C=O) groups is 5. The minimum Gasteiger partial charge on any atom is -0.444 e. The van der Waals surface area contributed by atoms with E-state index < -0.39 is 35.7 Å². The Labute approximate surface area is 266 Å². The summed E-state index contributed by atoms with van der Waals surface area (Å²) in [7, 11) is 0. The Hall–Kier alpha value is -3.67. The molecule has 0 radical (unpaired) electrons. The number of unbranched alkanes of at least 4 members (excludes halogenated alkanes) is 6. The first-order chi connectivity index (χ1) is 21.4. The summed E-state index contributed by atoms with van der Waals surface area (Å²) in [5.41, 5.74) is 12.4. The molecule has 0 fully saturated rings. The molecule has 2 heterocycles. The van der Waals surface area contributed by atoms with Gasteiger partial charge in [-0.15, -0.1) is 0 Å². The molecule has 12 nitrogen and oxygen atoms in total. The maximum absolute atomic E-state index is 13.9. The van der Waals surface area contributed by atoms with E-state index in [-0.39, 0.29) is 30.7 Å². The van der Waals surface area contributed by atoms with Crippen LogP contribution in [0.25, 0.3) is 0 Å². The number of hydrogen-bond acceptors (Lipinski definition) is 7. The molecular weight excluding hydrogens is 578 g/mol. The number of nitrogens with one attached hydrogen (secondary N) is 2. The molecule has 0 unspecified atom stereocenters. The lowest BCUT2D eigenvalue weighted by molar-refractivity contribution is -0.128. The normalized spacial score (nSPS) is 18.1. The number of ether oxygens (including phenoxy) is 2. The molecule has 3 rings (SSSR count). The molecule has 0 spiro atoms. The minimum atomic E-state index is -0.849. The number of anilines is 1. The fraction of sp³-hybridized carbons (Fsp3) is 0.667. The lowest BCUT2D eigenvalue weighted by Gasteiger charge is -2.29. The highest BCUT2D eigenvalue weighted by Gasteiger charge is 2.44. The first kappa shape index (κ1) is 35.8. The molecule has 0 bridgehead atoms. The van der Waals surface area contributed by atoms with Crippen LogP contribution in [0.15, 0.2) is 18.2 Å². The third kappa shape index (κ3) is 11.6. The highest BCUT2D eigenvalue weighted by molar-refractivity contribution is 6.07. The number of para-hydroxylation sites is 1. The van der Waals surface area contributed by atoms with Crippen LogP contribution in [0.2, 0.25) is 0 Å². The van der Waals surface area contributed by atoms with Gasteiger partial charge in [0, 0.05) is 25.9 Å². The van der Waals surface area contributed by atoms with Gasteiger partial charge in [-0.2, -0.15) is 0 Å². The van der Waals surface area contributed by atoms with Crippen molar-refractivity contribution in [3.63, 3.8) is 0 Å². The molecule has 0 aliphatic carbocycles. The van der Waals surface area contributed by atoms with Crippen molar-refractivity contribution in [1.29, 1.82) is 0 Å². The van der Waals surface area contributed by atoms with E-state index in [1.165, 1.54) is 4.90 Å². The van der Waals surface area contributed by atoms with Gasteiger partial charge in [0.1, 0.15) is 17.7 Å². The van der Waals surface area contributed by atoms with Gasteiger partial charge in [-0.1, -0.05) is 50.3 Å². The van der Waals surface area contributed by atoms with Crippen molar-refractivity contribution in [2.24, 2.45) is 11.5 Å². The molecule has 2 aliphatic heterocycles. The van der Waals surface area contributed by atoms with Crippen LogP contribution in [0.1, 0.15) is 103 Å². The van der Waals surface area contributed by atoms with Gasteiger partial charge in [-0.05, 0) is 64.0 Å². The van der Waals surface area contributed by atoms with Crippen LogP contribution in [0, 0.1) is 0 Å². The summed E-state index contributed by atoms with van der Waals surface area (Å²) in [6.45, 7) is 5.99. The topological polar surface area (TPSA) is 183 Å². The molecule has 5 amide bonds. The second kappa shape index (κ2) is 17.1. The second-order valence-corrected chi connectivity index (χ2v) is 13.1. The zero-order chi connectivity index (χ0) is 33.0. The van der Waals surface area contributed by atoms with E-state index >= 15 is 0 Å². The standard InChI is InChI=1S/C33H51N5O7/c1-33(2,3)45-32(43)37-25-17-15-22-12-11-13-23-20-26(38(29(22)23)31(25)42)30(41)36-24(16-18-28(35)40)21-44-19-10-8-6-4-5-7-9-14-27(34)39/h11-13,24-26H,4-10,14-21H2,1-3H3,(H2,34,39)(H2,35,40)(H,36,41)(H,37,43)/t24-,25-,26-/m0/s1.